The van der Waals surface area contributed by atoms with Crippen molar-refractivity contribution in [2.75, 3.05) is 19.6 Å². The van der Waals surface area contributed by atoms with Crippen molar-refractivity contribution >= 4 is 12.4 Å². The van der Waals surface area contributed by atoms with E-state index in [1.54, 1.807) is 0 Å². The zero-order chi connectivity index (χ0) is 12.7. The highest BCUT2D eigenvalue weighted by Gasteiger charge is 2.20. The minimum atomic E-state index is -1.03. The largest absolute Gasteiger partial charge is 0.480 e. The fourth-order valence-corrected chi connectivity index (χ4v) is 2.08. The van der Waals surface area contributed by atoms with Gasteiger partial charge in [-0.2, -0.15) is 0 Å². The van der Waals surface area contributed by atoms with Crippen LogP contribution in [0.3, 0.4) is 0 Å². The number of likely N-dealkylation sites (tertiary alicyclic amines) is 1. The van der Waals surface area contributed by atoms with Crippen LogP contribution in [0.2, 0.25) is 0 Å². The second kappa shape index (κ2) is 7.21. The molecular weight excluding hydrogens is 227 g/mol. The van der Waals surface area contributed by atoms with Gasteiger partial charge in [0.25, 0.3) is 0 Å². The van der Waals surface area contributed by atoms with E-state index in [4.69, 9.17) is 5.11 Å². The zero-order valence-electron chi connectivity index (χ0n) is 9.77. The summed E-state index contributed by atoms with van der Waals surface area (Å²) < 4.78 is 13.1. The zero-order valence-corrected chi connectivity index (χ0v) is 9.77. The van der Waals surface area contributed by atoms with Crippen LogP contribution in [0, 0.1) is 0 Å². The van der Waals surface area contributed by atoms with Crippen molar-refractivity contribution in [1.29, 1.82) is 0 Å². The number of hydrogen-bond acceptors (Lipinski definition) is 3. The van der Waals surface area contributed by atoms with Gasteiger partial charge in [0.05, 0.1) is 0 Å². The van der Waals surface area contributed by atoms with Gasteiger partial charge >= 0.3 is 5.97 Å². The number of carboxylic acid groups (broad SMARTS) is 1. The van der Waals surface area contributed by atoms with E-state index in [2.05, 4.69) is 5.32 Å². The smallest absolute Gasteiger partial charge is 0.326 e. The topological polar surface area (TPSA) is 69.6 Å². The van der Waals surface area contributed by atoms with Crippen molar-refractivity contribution in [2.24, 2.45) is 0 Å². The van der Waals surface area contributed by atoms with Crippen molar-refractivity contribution < 1.29 is 19.1 Å². The Morgan fingerprint density at radius 2 is 2.41 bits per heavy atom. The number of hydrogen-bond donors (Lipinski definition) is 2. The number of carboxylic acids is 1. The molecule has 0 aromatic rings. The van der Waals surface area contributed by atoms with E-state index in [9.17, 15) is 14.0 Å². The third-order valence-corrected chi connectivity index (χ3v) is 2.98. The Morgan fingerprint density at radius 1 is 1.65 bits per heavy atom. The van der Waals surface area contributed by atoms with Crippen molar-refractivity contribution in [3.8, 4) is 0 Å². The molecule has 98 valence electrons. The van der Waals surface area contributed by atoms with Crippen LogP contribution < -0.4 is 5.32 Å². The molecular formula is C11H19FN2O3. The first-order valence-electron chi connectivity index (χ1n) is 5.92. The van der Waals surface area contributed by atoms with Gasteiger partial charge in [0, 0.05) is 6.54 Å². The molecule has 17 heavy (non-hydrogen) atoms. The maximum Gasteiger partial charge on any atom is 0.326 e. The van der Waals surface area contributed by atoms with Gasteiger partial charge in [0.1, 0.15) is 12.2 Å². The molecule has 0 radical (unpaired) electrons. The van der Waals surface area contributed by atoms with Crippen molar-refractivity contribution in [2.45, 2.75) is 37.9 Å². The van der Waals surface area contributed by atoms with Gasteiger partial charge in [-0.25, -0.2) is 9.18 Å². The molecule has 0 spiro atoms. The minimum absolute atomic E-state index is 0.377. The Labute approximate surface area is 100.0 Å². The highest BCUT2D eigenvalue weighted by Crippen LogP contribution is 2.13. The molecule has 0 aromatic heterocycles. The highest BCUT2D eigenvalue weighted by atomic mass is 19.1. The summed E-state index contributed by atoms with van der Waals surface area (Å²) in [7, 11) is 0. The number of carbonyl (C=O) groups excluding carboxylic acids is 1. The average molecular weight is 246 g/mol. The summed E-state index contributed by atoms with van der Waals surface area (Å²) in [6.45, 7) is 2.00. The van der Waals surface area contributed by atoms with Crippen molar-refractivity contribution in [3.63, 3.8) is 0 Å². The first-order chi connectivity index (χ1) is 8.13. The SMILES string of the molecule is O=CNC(CCCN1CCC[C@H](F)C1)C(=O)O. The van der Waals surface area contributed by atoms with Crippen LogP contribution in [0.25, 0.3) is 0 Å². The Kier molecular flexibility index (Phi) is 5.90. The van der Waals surface area contributed by atoms with Crippen LogP contribution in [0.5, 0.6) is 0 Å². The van der Waals surface area contributed by atoms with Gasteiger partial charge in [-0.3, -0.25) is 4.79 Å². The number of amides is 1. The Morgan fingerprint density at radius 3 is 3.00 bits per heavy atom. The molecule has 0 saturated carbocycles. The van der Waals surface area contributed by atoms with Crippen LogP contribution in [0.15, 0.2) is 0 Å². The number of piperidine rings is 1. The normalized spacial score (nSPS) is 23.0. The van der Waals surface area contributed by atoms with Gasteiger partial charge in [0.15, 0.2) is 0 Å². The summed E-state index contributed by atoms with van der Waals surface area (Å²) in [5.74, 6) is -1.03. The Hall–Kier alpha value is -1.17. The van der Waals surface area contributed by atoms with E-state index in [1.165, 1.54) is 0 Å². The molecule has 0 aliphatic carbocycles. The minimum Gasteiger partial charge on any atom is -0.480 e. The Balaban J connectivity index is 2.21. The lowest BCUT2D eigenvalue weighted by atomic mass is 10.1. The molecule has 1 fully saturated rings. The number of rotatable bonds is 7. The van der Waals surface area contributed by atoms with Crippen LogP contribution in [0.4, 0.5) is 4.39 Å². The lowest BCUT2D eigenvalue weighted by molar-refractivity contribution is -0.140. The highest BCUT2D eigenvalue weighted by molar-refractivity contribution is 5.76. The number of alkyl halides is 1. The van der Waals surface area contributed by atoms with E-state index < -0.39 is 18.2 Å². The molecule has 2 N–H and O–H groups in total. The van der Waals surface area contributed by atoms with Crippen LogP contribution in [-0.2, 0) is 9.59 Å². The monoisotopic (exact) mass is 246 g/mol. The Bertz CT molecular complexity index is 263. The second-order valence-corrected chi connectivity index (χ2v) is 4.36. The molecule has 6 heteroatoms. The van der Waals surface area contributed by atoms with Gasteiger partial charge in [-0.1, -0.05) is 0 Å². The van der Waals surface area contributed by atoms with Gasteiger partial charge in [-0.05, 0) is 38.8 Å². The fourth-order valence-electron chi connectivity index (χ4n) is 2.08. The van der Waals surface area contributed by atoms with E-state index in [-0.39, 0.29) is 0 Å². The number of aliphatic carboxylic acids is 1. The summed E-state index contributed by atoms with van der Waals surface area (Å²) in [5, 5.41) is 11.0. The first kappa shape index (κ1) is 13.9. The van der Waals surface area contributed by atoms with Crippen molar-refractivity contribution in [1.82, 2.24) is 10.2 Å². The fraction of sp³-hybridized carbons (Fsp3) is 0.818. The summed E-state index contributed by atoms with van der Waals surface area (Å²) in [4.78, 5) is 22.9. The molecule has 5 nitrogen and oxygen atoms in total. The number of carbonyl (C=O) groups is 2. The van der Waals surface area contributed by atoms with E-state index in [0.717, 1.165) is 13.0 Å². The van der Waals surface area contributed by atoms with Gasteiger partial charge < -0.3 is 15.3 Å². The van der Waals surface area contributed by atoms with E-state index in [0.29, 0.717) is 38.8 Å². The standard InChI is InChI=1S/C11H19FN2O3/c12-9-3-1-5-14(7-9)6-2-4-10(11(16)17)13-8-15/h8-10H,1-7H2,(H,13,15)(H,16,17)/t9-,10?/m0/s1. The van der Waals surface area contributed by atoms with Gasteiger partial charge in [0.2, 0.25) is 6.41 Å². The lowest BCUT2D eigenvalue weighted by Crippen LogP contribution is -2.39. The lowest BCUT2D eigenvalue weighted by Gasteiger charge is -2.29. The molecule has 1 saturated heterocycles. The van der Waals surface area contributed by atoms with E-state index in [1.807, 2.05) is 4.90 Å². The van der Waals surface area contributed by atoms with Crippen LogP contribution >= 0.6 is 0 Å². The molecule has 1 heterocycles. The average Bonchev–Trinajstić information content (AvgIpc) is 2.28. The van der Waals surface area contributed by atoms with E-state index >= 15 is 0 Å². The molecule has 0 bridgehead atoms. The number of nitrogens with zero attached hydrogens (tertiary/aromatic N) is 1. The molecule has 2 atom stereocenters. The maximum absolute atomic E-state index is 13.1. The number of nitrogens with one attached hydrogen (secondary N) is 1. The molecule has 1 rings (SSSR count). The predicted molar refractivity (Wildman–Crippen MR) is 60.4 cm³/mol. The predicted octanol–water partition coefficient (Wildman–Crippen LogP) is 0.400. The van der Waals surface area contributed by atoms with Crippen LogP contribution in [0.1, 0.15) is 25.7 Å². The quantitative estimate of drug-likeness (QED) is 0.638. The summed E-state index contributed by atoms with van der Waals surface area (Å²) >= 11 is 0. The third-order valence-electron chi connectivity index (χ3n) is 2.98. The third kappa shape index (κ3) is 5.12. The first-order valence-corrected chi connectivity index (χ1v) is 5.92. The summed E-state index contributed by atoms with van der Waals surface area (Å²) in [6, 6.07) is -0.835. The van der Waals surface area contributed by atoms with Gasteiger partial charge in [-0.15, -0.1) is 0 Å². The van der Waals surface area contributed by atoms with Crippen molar-refractivity contribution in [3.05, 3.63) is 0 Å². The molecule has 1 aliphatic heterocycles. The molecule has 1 amide bonds. The number of halogens is 1. The molecule has 1 unspecified atom stereocenters. The summed E-state index contributed by atoms with van der Waals surface area (Å²) in [6.07, 6.45) is 2.15. The van der Waals surface area contributed by atoms with Crippen LogP contribution in [-0.4, -0.2) is 54.2 Å². The summed E-state index contributed by atoms with van der Waals surface area (Å²) in [5.41, 5.74) is 0. The molecule has 0 aromatic carbocycles. The maximum atomic E-state index is 13.1. The second-order valence-electron chi connectivity index (χ2n) is 4.36. The molecule has 1 aliphatic rings.